The van der Waals surface area contributed by atoms with Crippen molar-refractivity contribution >= 4 is 23.3 Å². The number of halogens is 1. The first-order valence-electron chi connectivity index (χ1n) is 9.90. The number of hydroxylamine groups is 2. The van der Waals surface area contributed by atoms with Crippen molar-refractivity contribution in [3.63, 3.8) is 0 Å². The Morgan fingerprint density at radius 3 is 2.97 bits per heavy atom. The molecule has 5 heterocycles. The van der Waals surface area contributed by atoms with Gasteiger partial charge in [-0.05, 0) is 36.8 Å². The summed E-state index contributed by atoms with van der Waals surface area (Å²) < 4.78 is 15.2. The molecule has 0 unspecified atom stereocenters. The zero-order chi connectivity index (χ0) is 22.2. The molecule has 3 N–H and O–H groups in total. The lowest BCUT2D eigenvalue weighted by Gasteiger charge is -2.23. The molecular weight excluding hydrogens is 415 g/mol. The topological polar surface area (TPSA) is 124 Å². The molecular formula is C21H19FN8O2. The van der Waals surface area contributed by atoms with Crippen LogP contribution in [-0.2, 0) is 4.84 Å². The highest BCUT2D eigenvalue weighted by Crippen LogP contribution is 2.31. The predicted octanol–water partition coefficient (Wildman–Crippen LogP) is 3.13. The van der Waals surface area contributed by atoms with E-state index < -0.39 is 17.9 Å². The van der Waals surface area contributed by atoms with Gasteiger partial charge in [-0.15, -0.1) is 5.10 Å². The minimum atomic E-state index is -0.474. The predicted molar refractivity (Wildman–Crippen MR) is 114 cm³/mol. The second-order valence-electron chi connectivity index (χ2n) is 7.38. The van der Waals surface area contributed by atoms with E-state index in [1.807, 2.05) is 12.1 Å². The summed E-state index contributed by atoms with van der Waals surface area (Å²) >= 11 is 0. The quantitative estimate of drug-likeness (QED) is 0.508. The number of hydrogen-bond acceptors (Lipinski definition) is 7. The van der Waals surface area contributed by atoms with E-state index in [-0.39, 0.29) is 5.95 Å². The summed E-state index contributed by atoms with van der Waals surface area (Å²) in [6, 6.07) is 5.93. The van der Waals surface area contributed by atoms with Gasteiger partial charge in [0.2, 0.25) is 5.95 Å². The number of rotatable bonds is 3. The molecule has 4 aromatic rings. The van der Waals surface area contributed by atoms with Crippen LogP contribution in [0.25, 0.3) is 16.8 Å². The molecule has 1 fully saturated rings. The van der Waals surface area contributed by atoms with Crippen molar-refractivity contribution in [3.8, 4) is 11.1 Å². The maximum Gasteiger partial charge on any atom is 0.346 e. The van der Waals surface area contributed by atoms with Crippen LogP contribution in [0, 0.1) is 12.7 Å². The lowest BCUT2D eigenvalue weighted by molar-refractivity contribution is -0.0830. The summed E-state index contributed by atoms with van der Waals surface area (Å²) in [4.78, 5) is 30.9. The van der Waals surface area contributed by atoms with Crippen LogP contribution in [-0.4, -0.2) is 42.3 Å². The molecule has 0 saturated carbocycles. The van der Waals surface area contributed by atoms with E-state index in [0.29, 0.717) is 35.6 Å². The number of urea groups is 1. The van der Waals surface area contributed by atoms with Crippen LogP contribution < -0.4 is 11.1 Å². The molecule has 1 aliphatic rings. The molecule has 1 aliphatic heterocycles. The number of carbonyl (C=O) groups excluding carboxylic acids is 1. The summed E-state index contributed by atoms with van der Waals surface area (Å²) in [5.74, 6) is -0.278. The number of nitrogen functional groups attached to an aromatic ring is 1. The number of nitrogens with two attached hydrogens (primary N) is 1. The number of carbonyl (C=O) groups is 1. The van der Waals surface area contributed by atoms with Gasteiger partial charge in [0.25, 0.3) is 0 Å². The maximum absolute atomic E-state index is 13.6. The lowest BCUT2D eigenvalue weighted by Crippen LogP contribution is -2.33. The number of amides is 2. The van der Waals surface area contributed by atoms with Gasteiger partial charge < -0.3 is 11.1 Å². The molecule has 0 radical (unpaired) electrons. The lowest BCUT2D eigenvalue weighted by atomic mass is 10.1. The summed E-state index contributed by atoms with van der Waals surface area (Å²) in [5.41, 5.74) is 9.61. The third-order valence-corrected chi connectivity index (χ3v) is 5.22. The SMILES string of the molecule is Cc1ncc(-c2ccc3nc(N)nn3c2)cc1NC(=O)N1OCC[C@H]1c1cncc(F)c1. The van der Waals surface area contributed by atoms with Crippen LogP contribution in [0.2, 0.25) is 0 Å². The van der Waals surface area contributed by atoms with Gasteiger partial charge in [-0.1, -0.05) is 0 Å². The number of nitrogens with zero attached hydrogens (tertiary/aromatic N) is 6. The maximum atomic E-state index is 13.6. The fourth-order valence-corrected chi connectivity index (χ4v) is 3.64. The van der Waals surface area contributed by atoms with E-state index in [1.165, 1.54) is 17.3 Å². The van der Waals surface area contributed by atoms with E-state index in [2.05, 4.69) is 25.4 Å². The molecule has 162 valence electrons. The Labute approximate surface area is 181 Å². The van der Waals surface area contributed by atoms with Crippen molar-refractivity contribution in [2.75, 3.05) is 17.7 Å². The normalized spacial score (nSPS) is 15.9. The highest BCUT2D eigenvalue weighted by Gasteiger charge is 2.32. The third-order valence-electron chi connectivity index (χ3n) is 5.22. The monoisotopic (exact) mass is 434 g/mol. The number of nitrogens with one attached hydrogen (secondary N) is 1. The molecule has 0 bridgehead atoms. The molecule has 0 spiro atoms. The number of aromatic nitrogens is 5. The van der Waals surface area contributed by atoms with Gasteiger partial charge in [-0.2, -0.15) is 10.0 Å². The van der Waals surface area contributed by atoms with E-state index >= 15 is 0 Å². The van der Waals surface area contributed by atoms with Crippen molar-refractivity contribution in [1.29, 1.82) is 0 Å². The number of aryl methyl sites for hydroxylation is 1. The Balaban J connectivity index is 1.40. The first-order chi connectivity index (χ1) is 15.5. The van der Waals surface area contributed by atoms with Gasteiger partial charge in [-0.3, -0.25) is 14.8 Å². The van der Waals surface area contributed by atoms with Gasteiger partial charge in [0.1, 0.15) is 5.82 Å². The number of fused-ring (bicyclic) bond motifs is 1. The molecule has 2 amide bonds. The highest BCUT2D eigenvalue weighted by atomic mass is 19.1. The number of anilines is 2. The molecule has 4 aromatic heterocycles. The zero-order valence-electron chi connectivity index (χ0n) is 17.1. The minimum absolute atomic E-state index is 0.186. The smallest absolute Gasteiger partial charge is 0.346 e. The molecule has 1 atom stereocenters. The Kier molecular flexibility index (Phi) is 4.86. The van der Waals surface area contributed by atoms with Crippen LogP contribution >= 0.6 is 0 Å². The van der Waals surface area contributed by atoms with E-state index in [4.69, 9.17) is 10.6 Å². The van der Waals surface area contributed by atoms with Gasteiger partial charge in [0.05, 0.1) is 30.2 Å². The van der Waals surface area contributed by atoms with Crippen LogP contribution in [0.1, 0.15) is 23.7 Å². The fraction of sp³-hybridized carbons (Fsp3) is 0.190. The van der Waals surface area contributed by atoms with Crippen LogP contribution in [0.15, 0.2) is 49.1 Å². The molecule has 10 nitrogen and oxygen atoms in total. The van der Waals surface area contributed by atoms with Crippen LogP contribution in [0.4, 0.5) is 20.8 Å². The summed E-state index contributed by atoms with van der Waals surface area (Å²) in [6.45, 7) is 2.13. The molecule has 11 heteroatoms. The first kappa shape index (κ1) is 19.8. The first-order valence-corrected chi connectivity index (χ1v) is 9.90. The highest BCUT2D eigenvalue weighted by molar-refractivity contribution is 5.90. The van der Waals surface area contributed by atoms with Crippen molar-refractivity contribution in [2.24, 2.45) is 0 Å². The van der Waals surface area contributed by atoms with Gasteiger partial charge in [0, 0.05) is 36.1 Å². The molecule has 5 rings (SSSR count). The van der Waals surface area contributed by atoms with Crippen LogP contribution in [0.5, 0.6) is 0 Å². The minimum Gasteiger partial charge on any atom is -0.366 e. The average Bonchev–Trinajstić information content (AvgIpc) is 3.40. The second-order valence-corrected chi connectivity index (χ2v) is 7.38. The second kappa shape index (κ2) is 7.85. The Bertz CT molecular complexity index is 1320. The Morgan fingerprint density at radius 2 is 2.12 bits per heavy atom. The Hall–Kier alpha value is -4.12. The summed E-state index contributed by atoms with van der Waals surface area (Å²) in [6.07, 6.45) is 6.68. The molecule has 1 saturated heterocycles. The summed E-state index contributed by atoms with van der Waals surface area (Å²) in [5, 5.41) is 8.19. The Morgan fingerprint density at radius 1 is 1.25 bits per heavy atom. The number of hydrogen-bond donors (Lipinski definition) is 2. The van der Waals surface area contributed by atoms with E-state index in [1.54, 1.807) is 29.9 Å². The third kappa shape index (κ3) is 3.69. The number of pyridine rings is 3. The van der Waals surface area contributed by atoms with Crippen molar-refractivity contribution < 1.29 is 14.0 Å². The van der Waals surface area contributed by atoms with Crippen molar-refractivity contribution in [1.82, 2.24) is 29.6 Å². The average molecular weight is 434 g/mol. The zero-order valence-corrected chi connectivity index (χ0v) is 17.1. The van der Waals surface area contributed by atoms with E-state index in [0.717, 1.165) is 17.3 Å². The molecule has 0 aliphatic carbocycles. The van der Waals surface area contributed by atoms with Crippen molar-refractivity contribution in [3.05, 3.63) is 66.1 Å². The van der Waals surface area contributed by atoms with Crippen molar-refractivity contribution in [2.45, 2.75) is 19.4 Å². The summed E-state index contributed by atoms with van der Waals surface area (Å²) in [7, 11) is 0. The van der Waals surface area contributed by atoms with E-state index in [9.17, 15) is 9.18 Å². The molecule has 32 heavy (non-hydrogen) atoms. The van der Waals surface area contributed by atoms with Crippen LogP contribution in [0.3, 0.4) is 0 Å². The van der Waals surface area contributed by atoms with Gasteiger partial charge >= 0.3 is 6.03 Å². The molecule has 0 aromatic carbocycles. The largest absolute Gasteiger partial charge is 0.366 e. The fourth-order valence-electron chi connectivity index (χ4n) is 3.64. The van der Waals surface area contributed by atoms with Gasteiger partial charge in [-0.25, -0.2) is 13.7 Å². The standard InChI is InChI=1S/C21H19FN8O2/c1-12-17(7-14(9-25-12)13-2-3-19-27-20(23)28-29(19)11-13)26-21(31)30-18(4-5-32-30)15-6-16(22)10-24-8-15/h2-3,6-11,18H,4-5H2,1H3,(H2,23,28)(H,26,31)/t18-/m0/s1. The van der Waals surface area contributed by atoms with Gasteiger partial charge in [0.15, 0.2) is 5.65 Å².